The van der Waals surface area contributed by atoms with Crippen LogP contribution in [0.2, 0.25) is 4.34 Å². The summed E-state index contributed by atoms with van der Waals surface area (Å²) in [5, 5.41) is 0. The lowest BCUT2D eigenvalue weighted by atomic mass is 10.2. The maximum Gasteiger partial charge on any atom is 0.107 e. The Bertz CT molecular complexity index is 512. The van der Waals surface area contributed by atoms with E-state index < -0.39 is 0 Å². The third kappa shape index (κ3) is 3.77. The summed E-state index contributed by atoms with van der Waals surface area (Å²) in [6, 6.07) is 6.21. The minimum absolute atomic E-state index is 0.161. The Morgan fingerprint density at radius 3 is 2.89 bits per heavy atom. The lowest BCUT2D eigenvalue weighted by Gasteiger charge is -2.25. The highest BCUT2D eigenvalue weighted by Crippen LogP contribution is 2.36. The van der Waals surface area contributed by atoms with E-state index in [2.05, 4.69) is 38.9 Å². The summed E-state index contributed by atoms with van der Waals surface area (Å²) < 4.78 is 1.70. The van der Waals surface area contributed by atoms with Crippen molar-refractivity contribution in [2.75, 3.05) is 13.6 Å². The smallest absolute Gasteiger partial charge is 0.107 e. The molecule has 2 heterocycles. The summed E-state index contributed by atoms with van der Waals surface area (Å²) in [4.78, 5) is 7.52. The summed E-state index contributed by atoms with van der Waals surface area (Å²) in [5.74, 6) is 0. The first-order valence-corrected chi connectivity index (χ1v) is 7.84. The molecule has 19 heavy (non-hydrogen) atoms. The van der Waals surface area contributed by atoms with Crippen molar-refractivity contribution >= 4 is 38.9 Å². The molecule has 0 saturated heterocycles. The van der Waals surface area contributed by atoms with Crippen molar-refractivity contribution in [3.8, 4) is 0 Å². The zero-order chi connectivity index (χ0) is 13.8. The maximum atomic E-state index is 6.10. The molecule has 1 unspecified atom stereocenters. The fraction of sp³-hybridized carbons (Fsp3) is 0.308. The second kappa shape index (κ2) is 6.81. The summed E-state index contributed by atoms with van der Waals surface area (Å²) in [5.41, 5.74) is 7.08. The molecule has 0 aliphatic rings. The molecule has 2 aromatic heterocycles. The number of thiophene rings is 1. The number of aromatic nitrogens is 1. The summed E-state index contributed by atoms with van der Waals surface area (Å²) in [6.45, 7) is 1.36. The molecule has 0 saturated carbocycles. The van der Waals surface area contributed by atoms with E-state index in [1.165, 1.54) is 10.4 Å². The first kappa shape index (κ1) is 14.9. The fourth-order valence-corrected chi connectivity index (χ4v) is 3.85. The molecular formula is C13H15BrClN3S. The first-order chi connectivity index (χ1) is 9.11. The lowest BCUT2D eigenvalue weighted by Crippen LogP contribution is -2.29. The number of pyridine rings is 1. The van der Waals surface area contributed by atoms with Gasteiger partial charge in [0.15, 0.2) is 0 Å². The van der Waals surface area contributed by atoms with Crippen molar-refractivity contribution < 1.29 is 0 Å². The Morgan fingerprint density at radius 2 is 2.37 bits per heavy atom. The van der Waals surface area contributed by atoms with Gasteiger partial charge in [-0.3, -0.25) is 9.88 Å². The molecule has 0 bridgehead atoms. The minimum atomic E-state index is 0.161. The van der Waals surface area contributed by atoms with Gasteiger partial charge < -0.3 is 5.73 Å². The van der Waals surface area contributed by atoms with Crippen LogP contribution < -0.4 is 5.73 Å². The number of rotatable bonds is 5. The zero-order valence-electron chi connectivity index (χ0n) is 10.5. The van der Waals surface area contributed by atoms with E-state index in [0.29, 0.717) is 6.54 Å². The monoisotopic (exact) mass is 359 g/mol. The molecule has 0 radical (unpaired) electrons. The van der Waals surface area contributed by atoms with Gasteiger partial charge in [0.25, 0.3) is 0 Å². The van der Waals surface area contributed by atoms with Crippen LogP contribution in [-0.4, -0.2) is 23.5 Å². The van der Waals surface area contributed by atoms with Gasteiger partial charge in [-0.05, 0) is 40.7 Å². The molecule has 2 rings (SSSR count). The Balaban J connectivity index is 2.13. The maximum absolute atomic E-state index is 6.10. The van der Waals surface area contributed by atoms with Crippen LogP contribution in [0.3, 0.4) is 0 Å². The molecule has 2 N–H and O–H groups in total. The SMILES string of the molecule is CN(Cc1cccnc1)C(CN)c1cc(Br)c(Cl)s1. The van der Waals surface area contributed by atoms with Gasteiger partial charge in [-0.2, -0.15) is 0 Å². The molecule has 102 valence electrons. The van der Waals surface area contributed by atoms with Crippen LogP contribution in [0, 0.1) is 0 Å². The number of hydrogen-bond donors (Lipinski definition) is 1. The van der Waals surface area contributed by atoms with Crippen LogP contribution in [0.15, 0.2) is 35.1 Å². The molecule has 0 fully saturated rings. The Labute approximate surface area is 130 Å². The second-order valence-electron chi connectivity index (χ2n) is 4.30. The third-order valence-corrected chi connectivity index (χ3v) is 5.48. The van der Waals surface area contributed by atoms with E-state index in [4.69, 9.17) is 17.3 Å². The highest BCUT2D eigenvalue weighted by atomic mass is 79.9. The molecule has 6 heteroatoms. The average molecular weight is 361 g/mol. The Hall–Kier alpha value is -0.460. The predicted octanol–water partition coefficient (Wildman–Crippen LogP) is 3.69. The van der Waals surface area contributed by atoms with Gasteiger partial charge in [0.05, 0.1) is 6.04 Å². The fourth-order valence-electron chi connectivity index (χ4n) is 1.93. The van der Waals surface area contributed by atoms with Crippen LogP contribution in [0.1, 0.15) is 16.5 Å². The van der Waals surface area contributed by atoms with Gasteiger partial charge >= 0.3 is 0 Å². The topological polar surface area (TPSA) is 42.2 Å². The number of nitrogens with zero attached hydrogens (tertiary/aromatic N) is 2. The summed E-state index contributed by atoms with van der Waals surface area (Å²) in [7, 11) is 2.06. The van der Waals surface area contributed by atoms with Gasteiger partial charge in [-0.15, -0.1) is 11.3 Å². The summed E-state index contributed by atoms with van der Waals surface area (Å²) >= 11 is 11.1. The minimum Gasteiger partial charge on any atom is -0.329 e. The molecule has 0 aromatic carbocycles. The third-order valence-electron chi connectivity index (χ3n) is 2.90. The zero-order valence-corrected chi connectivity index (χ0v) is 13.7. The van der Waals surface area contributed by atoms with Crippen molar-refractivity contribution in [3.63, 3.8) is 0 Å². The van der Waals surface area contributed by atoms with Crippen molar-refractivity contribution in [1.29, 1.82) is 0 Å². The van der Waals surface area contributed by atoms with Crippen LogP contribution in [0.4, 0.5) is 0 Å². The highest BCUT2D eigenvalue weighted by molar-refractivity contribution is 9.10. The van der Waals surface area contributed by atoms with Gasteiger partial charge in [0, 0.05) is 34.8 Å². The number of halogens is 2. The van der Waals surface area contributed by atoms with Crippen molar-refractivity contribution in [2.45, 2.75) is 12.6 Å². The molecule has 0 spiro atoms. The number of nitrogens with two attached hydrogens (primary N) is 1. The van der Waals surface area contributed by atoms with E-state index in [-0.39, 0.29) is 6.04 Å². The number of likely N-dealkylation sites (N-methyl/N-ethyl adjacent to an activating group) is 1. The molecular weight excluding hydrogens is 346 g/mol. The Morgan fingerprint density at radius 1 is 1.58 bits per heavy atom. The van der Waals surface area contributed by atoms with Gasteiger partial charge in [0.1, 0.15) is 4.34 Å². The predicted molar refractivity (Wildman–Crippen MR) is 84.5 cm³/mol. The summed E-state index contributed by atoms with van der Waals surface area (Å²) in [6.07, 6.45) is 3.65. The average Bonchev–Trinajstić information content (AvgIpc) is 2.71. The highest BCUT2D eigenvalue weighted by Gasteiger charge is 2.19. The Kier molecular flexibility index (Phi) is 5.36. The second-order valence-corrected chi connectivity index (χ2v) is 6.84. The normalized spacial score (nSPS) is 12.9. The standard InChI is InChI=1S/C13H15BrClN3S/c1-18(8-9-3-2-4-17-7-9)11(6-16)12-5-10(14)13(15)19-12/h2-5,7,11H,6,8,16H2,1H3. The molecule has 0 aliphatic carbocycles. The van der Waals surface area contributed by atoms with Crippen LogP contribution >= 0.6 is 38.9 Å². The molecule has 0 aliphatic heterocycles. The van der Waals surface area contributed by atoms with Crippen LogP contribution in [0.25, 0.3) is 0 Å². The van der Waals surface area contributed by atoms with Crippen LogP contribution in [-0.2, 0) is 6.54 Å². The quantitative estimate of drug-likeness (QED) is 0.884. The largest absolute Gasteiger partial charge is 0.329 e. The van der Waals surface area contributed by atoms with E-state index in [1.54, 1.807) is 17.5 Å². The molecule has 1 atom stereocenters. The molecule has 0 amide bonds. The number of hydrogen-bond acceptors (Lipinski definition) is 4. The van der Waals surface area contributed by atoms with E-state index in [0.717, 1.165) is 15.4 Å². The molecule has 2 aromatic rings. The first-order valence-electron chi connectivity index (χ1n) is 5.85. The van der Waals surface area contributed by atoms with Gasteiger partial charge in [-0.25, -0.2) is 0 Å². The van der Waals surface area contributed by atoms with Crippen molar-refractivity contribution in [1.82, 2.24) is 9.88 Å². The lowest BCUT2D eigenvalue weighted by molar-refractivity contribution is 0.245. The van der Waals surface area contributed by atoms with E-state index in [1.807, 2.05) is 18.3 Å². The van der Waals surface area contributed by atoms with Gasteiger partial charge in [-0.1, -0.05) is 17.7 Å². The van der Waals surface area contributed by atoms with Crippen molar-refractivity contribution in [3.05, 3.63) is 49.8 Å². The van der Waals surface area contributed by atoms with E-state index in [9.17, 15) is 0 Å². The van der Waals surface area contributed by atoms with Crippen LogP contribution in [0.5, 0.6) is 0 Å². The molecule has 3 nitrogen and oxygen atoms in total. The van der Waals surface area contributed by atoms with Crippen molar-refractivity contribution in [2.24, 2.45) is 5.73 Å². The van der Waals surface area contributed by atoms with E-state index >= 15 is 0 Å². The van der Waals surface area contributed by atoms with Gasteiger partial charge in [0.2, 0.25) is 0 Å².